The van der Waals surface area contributed by atoms with Gasteiger partial charge in [0.05, 0.1) is 38.2 Å². The topological polar surface area (TPSA) is 80.3 Å². The fourth-order valence-corrected chi connectivity index (χ4v) is 4.82. The minimum Gasteiger partial charge on any atom is -0.486 e. The molecule has 1 heterocycles. The molecule has 0 radical (unpaired) electrons. The predicted molar refractivity (Wildman–Crippen MR) is 149 cm³/mol. The van der Waals surface area contributed by atoms with Gasteiger partial charge in [-0.2, -0.15) is 15.0 Å². The molecule has 4 aromatic carbocycles. The van der Waals surface area contributed by atoms with Crippen LogP contribution in [0, 0.1) is 11.3 Å². The van der Waals surface area contributed by atoms with Gasteiger partial charge >= 0.3 is 0 Å². The lowest BCUT2D eigenvalue weighted by atomic mass is 10.1. The Balaban J connectivity index is 1.49. The SMILES string of the molecule is N#Cc1ccccc1COc1c(Cl)cc(C=Nn2c(-c3ccccc3)nc3ccccc3c2=O)cc1Br. The van der Waals surface area contributed by atoms with Crippen molar-refractivity contribution in [3.8, 4) is 23.2 Å². The molecule has 0 saturated carbocycles. The van der Waals surface area contributed by atoms with E-state index < -0.39 is 0 Å². The number of benzene rings is 4. The first kappa shape index (κ1) is 24.4. The van der Waals surface area contributed by atoms with Crippen LogP contribution in [-0.2, 0) is 6.61 Å². The van der Waals surface area contributed by atoms with E-state index in [1.807, 2.05) is 54.6 Å². The fraction of sp³-hybridized carbons (Fsp3) is 0.0345. The summed E-state index contributed by atoms with van der Waals surface area (Å²) in [6, 6.07) is 29.5. The van der Waals surface area contributed by atoms with Crippen LogP contribution in [0.25, 0.3) is 22.3 Å². The molecule has 5 rings (SSSR count). The monoisotopic (exact) mass is 568 g/mol. The van der Waals surface area contributed by atoms with E-state index in [2.05, 4.69) is 27.1 Å². The minimum absolute atomic E-state index is 0.189. The number of nitrogens with zero attached hydrogens (tertiary/aromatic N) is 4. The quantitative estimate of drug-likeness (QED) is 0.210. The number of ether oxygens (including phenoxy) is 1. The molecule has 1 aromatic heterocycles. The third kappa shape index (κ3) is 5.17. The van der Waals surface area contributed by atoms with Gasteiger partial charge in [0.15, 0.2) is 11.6 Å². The molecule has 5 aromatic rings. The summed E-state index contributed by atoms with van der Waals surface area (Å²) < 4.78 is 7.83. The summed E-state index contributed by atoms with van der Waals surface area (Å²) in [4.78, 5) is 18.0. The normalized spacial score (nSPS) is 11.1. The van der Waals surface area contributed by atoms with E-state index >= 15 is 0 Å². The third-order valence-electron chi connectivity index (χ3n) is 5.64. The van der Waals surface area contributed by atoms with Gasteiger partial charge in [0, 0.05) is 11.1 Å². The second kappa shape index (κ2) is 10.8. The standard InChI is InChI=1S/C29H18BrClN4O2/c30-24-14-19(15-25(31)27(24)37-18-22-11-5-4-10-21(22)16-32)17-33-35-28(20-8-2-1-3-9-20)34-26-13-7-6-12-23(26)29(35)36/h1-15,17H,18H2. The van der Waals surface area contributed by atoms with E-state index in [1.54, 1.807) is 42.6 Å². The number of aromatic nitrogens is 2. The van der Waals surface area contributed by atoms with Crippen LogP contribution in [0.3, 0.4) is 0 Å². The summed E-state index contributed by atoms with van der Waals surface area (Å²) in [6.45, 7) is 0.189. The average molecular weight is 570 g/mol. The van der Waals surface area contributed by atoms with Crippen molar-refractivity contribution >= 4 is 44.6 Å². The number of hydrogen-bond acceptors (Lipinski definition) is 5. The highest BCUT2D eigenvalue weighted by molar-refractivity contribution is 9.10. The average Bonchev–Trinajstić information content (AvgIpc) is 2.92. The van der Waals surface area contributed by atoms with Crippen molar-refractivity contribution in [2.24, 2.45) is 5.10 Å². The molecule has 0 aliphatic heterocycles. The molecule has 0 amide bonds. The van der Waals surface area contributed by atoms with Gasteiger partial charge in [-0.15, -0.1) is 0 Å². The van der Waals surface area contributed by atoms with Crippen molar-refractivity contribution in [2.45, 2.75) is 6.61 Å². The van der Waals surface area contributed by atoms with Crippen molar-refractivity contribution < 1.29 is 4.74 Å². The van der Waals surface area contributed by atoms with Crippen molar-refractivity contribution in [2.75, 3.05) is 0 Å². The Bertz CT molecular complexity index is 1720. The summed E-state index contributed by atoms with van der Waals surface area (Å²) in [5.74, 6) is 0.878. The van der Waals surface area contributed by atoms with Gasteiger partial charge in [-0.05, 0) is 51.8 Å². The zero-order chi connectivity index (χ0) is 25.8. The molecule has 0 unspecified atom stereocenters. The van der Waals surface area contributed by atoms with Gasteiger partial charge in [0.25, 0.3) is 5.56 Å². The molecule has 8 heteroatoms. The number of halogens is 2. The number of fused-ring (bicyclic) bond motifs is 1. The molecule has 37 heavy (non-hydrogen) atoms. The van der Waals surface area contributed by atoms with Crippen molar-refractivity contribution in [1.82, 2.24) is 9.66 Å². The van der Waals surface area contributed by atoms with Crippen molar-refractivity contribution in [3.63, 3.8) is 0 Å². The smallest absolute Gasteiger partial charge is 0.282 e. The zero-order valence-electron chi connectivity index (χ0n) is 19.3. The Hall–Kier alpha value is -4.25. The molecule has 0 aliphatic carbocycles. The molecule has 0 fully saturated rings. The molecule has 0 spiro atoms. The second-order valence-electron chi connectivity index (χ2n) is 8.05. The largest absolute Gasteiger partial charge is 0.486 e. The van der Waals surface area contributed by atoms with Crippen molar-refractivity contribution in [3.05, 3.63) is 128 Å². The van der Waals surface area contributed by atoms with Gasteiger partial charge in [0.1, 0.15) is 6.61 Å². The summed E-state index contributed by atoms with van der Waals surface area (Å²) in [5.41, 5.74) is 3.05. The Morgan fingerprint density at radius 2 is 1.76 bits per heavy atom. The Kier molecular flexibility index (Phi) is 7.13. The first-order chi connectivity index (χ1) is 18.0. The van der Waals surface area contributed by atoms with Crippen LogP contribution >= 0.6 is 27.5 Å². The second-order valence-corrected chi connectivity index (χ2v) is 9.31. The molecule has 0 N–H and O–H groups in total. The molecular formula is C29H18BrClN4O2. The van der Waals surface area contributed by atoms with Crippen LogP contribution in [0.5, 0.6) is 5.75 Å². The lowest BCUT2D eigenvalue weighted by Gasteiger charge is -2.12. The van der Waals surface area contributed by atoms with E-state index in [0.29, 0.717) is 43.1 Å². The first-order valence-corrected chi connectivity index (χ1v) is 12.4. The van der Waals surface area contributed by atoms with Crippen molar-refractivity contribution in [1.29, 1.82) is 5.26 Å². The van der Waals surface area contributed by atoms with E-state index in [0.717, 1.165) is 11.1 Å². The van der Waals surface area contributed by atoms with Gasteiger partial charge in [-0.3, -0.25) is 4.79 Å². The van der Waals surface area contributed by atoms with Crippen LogP contribution in [0.15, 0.2) is 105 Å². The summed E-state index contributed by atoms with van der Waals surface area (Å²) in [7, 11) is 0. The summed E-state index contributed by atoms with van der Waals surface area (Å²) in [5, 5.41) is 14.6. The Morgan fingerprint density at radius 3 is 2.54 bits per heavy atom. The molecule has 6 nitrogen and oxygen atoms in total. The number of hydrogen-bond donors (Lipinski definition) is 0. The summed E-state index contributed by atoms with van der Waals surface area (Å²) >= 11 is 10.0. The lowest BCUT2D eigenvalue weighted by molar-refractivity contribution is 0.304. The van der Waals surface area contributed by atoms with E-state index in [9.17, 15) is 10.1 Å². The van der Waals surface area contributed by atoms with Gasteiger partial charge in [-0.25, -0.2) is 4.98 Å². The van der Waals surface area contributed by atoms with E-state index in [1.165, 1.54) is 4.68 Å². The molecular weight excluding hydrogens is 552 g/mol. The Labute approximate surface area is 226 Å². The van der Waals surface area contributed by atoms with Crippen LogP contribution in [0.1, 0.15) is 16.7 Å². The lowest BCUT2D eigenvalue weighted by Crippen LogP contribution is -2.20. The highest BCUT2D eigenvalue weighted by Crippen LogP contribution is 2.35. The summed E-state index contributed by atoms with van der Waals surface area (Å²) in [6.07, 6.45) is 1.55. The molecule has 0 atom stereocenters. The number of rotatable bonds is 6. The van der Waals surface area contributed by atoms with E-state index in [4.69, 9.17) is 21.3 Å². The predicted octanol–water partition coefficient (Wildman–Crippen LogP) is 6.81. The zero-order valence-corrected chi connectivity index (χ0v) is 21.6. The van der Waals surface area contributed by atoms with Crippen LogP contribution in [0.2, 0.25) is 5.02 Å². The number of nitriles is 1. The maximum Gasteiger partial charge on any atom is 0.282 e. The van der Waals surface area contributed by atoms with Crippen LogP contribution in [-0.4, -0.2) is 15.9 Å². The Morgan fingerprint density at radius 1 is 1.03 bits per heavy atom. The minimum atomic E-state index is -0.276. The number of para-hydroxylation sites is 1. The van der Waals surface area contributed by atoms with Crippen LogP contribution < -0.4 is 10.3 Å². The molecule has 0 saturated heterocycles. The van der Waals surface area contributed by atoms with Gasteiger partial charge in [0.2, 0.25) is 0 Å². The van der Waals surface area contributed by atoms with Crippen LogP contribution in [0.4, 0.5) is 0 Å². The molecule has 180 valence electrons. The highest BCUT2D eigenvalue weighted by atomic mass is 79.9. The first-order valence-electron chi connectivity index (χ1n) is 11.3. The highest BCUT2D eigenvalue weighted by Gasteiger charge is 2.13. The van der Waals surface area contributed by atoms with E-state index in [-0.39, 0.29) is 12.2 Å². The maximum absolute atomic E-state index is 13.3. The van der Waals surface area contributed by atoms with Gasteiger partial charge < -0.3 is 4.74 Å². The fourth-order valence-electron chi connectivity index (χ4n) is 3.83. The molecule has 0 aliphatic rings. The maximum atomic E-state index is 13.3. The molecule has 0 bridgehead atoms. The third-order valence-corrected chi connectivity index (χ3v) is 6.51. The van der Waals surface area contributed by atoms with Gasteiger partial charge in [-0.1, -0.05) is 72.3 Å².